The van der Waals surface area contributed by atoms with Crippen LogP contribution in [-0.2, 0) is 10.5 Å². The summed E-state index contributed by atoms with van der Waals surface area (Å²) in [4.78, 5) is 28.0. The van der Waals surface area contributed by atoms with E-state index in [9.17, 15) is 13.9 Å². The molecule has 1 atom stereocenters. The lowest BCUT2D eigenvalue weighted by Gasteiger charge is -2.37. The van der Waals surface area contributed by atoms with Gasteiger partial charge in [-0.25, -0.2) is 19.7 Å². The van der Waals surface area contributed by atoms with Crippen molar-refractivity contribution in [3.63, 3.8) is 0 Å². The maximum atomic E-state index is 12.3. The zero-order valence-electron chi connectivity index (χ0n) is 20.6. The Kier molecular flexibility index (Phi) is 8.04. The average molecular weight is 513 g/mol. The van der Waals surface area contributed by atoms with Gasteiger partial charge >= 0.3 is 6.03 Å². The van der Waals surface area contributed by atoms with Crippen molar-refractivity contribution in [3.05, 3.63) is 60.4 Å². The third-order valence-electron chi connectivity index (χ3n) is 5.85. The van der Waals surface area contributed by atoms with Crippen LogP contribution in [0.4, 0.5) is 22.1 Å². The first-order valence-electron chi connectivity index (χ1n) is 11.8. The molecule has 36 heavy (non-hydrogen) atoms. The highest BCUT2D eigenvalue weighted by Crippen LogP contribution is 2.47. The van der Waals surface area contributed by atoms with E-state index in [0.717, 1.165) is 11.4 Å². The lowest BCUT2D eigenvalue weighted by molar-refractivity contribution is 0.0985. The number of nitrogens with one attached hydrogen (secondary N) is 2. The second kappa shape index (κ2) is 11.2. The van der Waals surface area contributed by atoms with Gasteiger partial charge in [0.25, 0.3) is 0 Å². The number of aromatic nitrogens is 3. The van der Waals surface area contributed by atoms with Crippen LogP contribution in [0, 0.1) is 0 Å². The number of amides is 2. The SMILES string of the molecule is CC(C)S(O)(O)Cc1cc(N2CCOC[C@@H]2C)nc(-c2ccc(NC(=O)Nc3ccccn3)cc2)n1. The van der Waals surface area contributed by atoms with Gasteiger partial charge in [0, 0.05) is 35.3 Å². The van der Waals surface area contributed by atoms with Gasteiger partial charge in [-0.3, -0.25) is 14.4 Å². The number of ether oxygens (including phenoxy) is 1. The molecule has 4 rings (SSSR count). The number of anilines is 3. The molecule has 2 amide bonds. The zero-order chi connectivity index (χ0) is 25.7. The Hall–Kier alpha value is -3.25. The molecule has 11 heteroatoms. The van der Waals surface area contributed by atoms with Gasteiger partial charge in [-0.15, -0.1) is 0 Å². The van der Waals surface area contributed by atoms with Crippen LogP contribution in [0.5, 0.6) is 0 Å². The van der Waals surface area contributed by atoms with Crippen LogP contribution >= 0.6 is 10.6 Å². The molecule has 3 aromatic rings. The molecule has 0 radical (unpaired) electrons. The van der Waals surface area contributed by atoms with E-state index in [4.69, 9.17) is 9.72 Å². The highest BCUT2D eigenvalue weighted by Gasteiger charge is 2.24. The molecule has 1 saturated heterocycles. The van der Waals surface area contributed by atoms with Gasteiger partial charge in [-0.2, -0.15) is 10.6 Å². The Morgan fingerprint density at radius 1 is 1.17 bits per heavy atom. The van der Waals surface area contributed by atoms with Gasteiger partial charge < -0.3 is 15.0 Å². The molecule has 0 saturated carbocycles. The molecule has 1 aromatic carbocycles. The Morgan fingerprint density at radius 2 is 1.94 bits per heavy atom. The second-order valence-corrected chi connectivity index (χ2v) is 11.6. The molecule has 0 aliphatic carbocycles. The maximum absolute atomic E-state index is 12.3. The minimum atomic E-state index is -2.85. The molecule has 4 N–H and O–H groups in total. The predicted molar refractivity (Wildman–Crippen MR) is 144 cm³/mol. The summed E-state index contributed by atoms with van der Waals surface area (Å²) in [6.45, 7) is 7.53. The first-order chi connectivity index (χ1) is 17.2. The monoisotopic (exact) mass is 512 g/mol. The summed E-state index contributed by atoms with van der Waals surface area (Å²) in [6, 6.07) is 14.0. The van der Waals surface area contributed by atoms with E-state index in [1.807, 2.05) is 18.2 Å². The molecule has 0 spiro atoms. The summed E-state index contributed by atoms with van der Waals surface area (Å²) < 4.78 is 26.7. The van der Waals surface area contributed by atoms with Crippen molar-refractivity contribution in [2.45, 2.75) is 37.8 Å². The van der Waals surface area contributed by atoms with Crippen molar-refractivity contribution >= 4 is 33.9 Å². The number of rotatable bonds is 7. The molecule has 0 bridgehead atoms. The smallest absolute Gasteiger partial charge is 0.324 e. The van der Waals surface area contributed by atoms with Crippen LogP contribution in [0.1, 0.15) is 26.5 Å². The first kappa shape index (κ1) is 25.8. The molecule has 1 aliphatic rings. The third-order valence-corrected chi connectivity index (χ3v) is 8.08. The number of urea groups is 1. The molecular weight excluding hydrogens is 480 g/mol. The predicted octanol–water partition coefficient (Wildman–Crippen LogP) is 5.07. The number of benzene rings is 1. The first-order valence-corrected chi connectivity index (χ1v) is 13.6. The Bertz CT molecular complexity index is 1180. The fourth-order valence-corrected chi connectivity index (χ4v) is 4.62. The van der Waals surface area contributed by atoms with Crippen LogP contribution in [-0.4, -0.2) is 61.1 Å². The van der Waals surface area contributed by atoms with E-state index in [1.54, 1.807) is 50.4 Å². The molecule has 10 nitrogen and oxygen atoms in total. The third kappa shape index (κ3) is 6.49. The summed E-state index contributed by atoms with van der Waals surface area (Å²) in [5, 5.41) is 5.17. The topological polar surface area (TPSA) is 133 Å². The van der Waals surface area contributed by atoms with Gasteiger partial charge in [0.05, 0.1) is 30.7 Å². The molecule has 2 aromatic heterocycles. The van der Waals surface area contributed by atoms with Crippen molar-refractivity contribution in [1.82, 2.24) is 15.0 Å². The van der Waals surface area contributed by atoms with E-state index in [-0.39, 0.29) is 17.0 Å². The summed E-state index contributed by atoms with van der Waals surface area (Å²) in [5.74, 6) is 1.71. The highest BCUT2D eigenvalue weighted by molar-refractivity contribution is 8.24. The van der Waals surface area contributed by atoms with E-state index < -0.39 is 16.6 Å². The summed E-state index contributed by atoms with van der Waals surface area (Å²) in [5.41, 5.74) is 1.91. The van der Waals surface area contributed by atoms with Crippen molar-refractivity contribution in [2.75, 3.05) is 35.3 Å². The lowest BCUT2D eigenvalue weighted by atomic mass is 10.2. The number of nitrogens with zero attached hydrogens (tertiary/aromatic N) is 4. The van der Waals surface area contributed by atoms with Crippen LogP contribution in [0.3, 0.4) is 0 Å². The van der Waals surface area contributed by atoms with Gasteiger partial charge in [0.15, 0.2) is 5.82 Å². The number of carbonyl (C=O) groups is 1. The summed E-state index contributed by atoms with van der Waals surface area (Å²) in [6.07, 6.45) is 1.60. The van der Waals surface area contributed by atoms with Crippen molar-refractivity contribution in [1.29, 1.82) is 0 Å². The minimum absolute atomic E-state index is 0.0548. The second-order valence-electron chi connectivity index (χ2n) is 8.94. The van der Waals surface area contributed by atoms with Gasteiger partial charge in [-0.05, 0) is 57.2 Å². The largest absolute Gasteiger partial charge is 0.377 e. The van der Waals surface area contributed by atoms with Gasteiger partial charge in [-0.1, -0.05) is 6.07 Å². The minimum Gasteiger partial charge on any atom is -0.377 e. The number of carbonyl (C=O) groups excluding carboxylic acids is 1. The van der Waals surface area contributed by atoms with Crippen molar-refractivity contribution < 1.29 is 18.6 Å². The summed E-state index contributed by atoms with van der Waals surface area (Å²) >= 11 is 0. The molecule has 1 aliphatic heterocycles. The van der Waals surface area contributed by atoms with E-state index in [1.165, 1.54) is 0 Å². The molecular formula is C25H32N6O4S. The standard InChI is InChI=1S/C25H32N6O4S/c1-17(2)36(33,34)16-21-14-23(31-12-13-35-15-18(31)3)30-24(27-21)19-7-9-20(10-8-19)28-25(32)29-22-6-4-5-11-26-22/h4-11,14,17-18,33-34H,12-13,15-16H2,1-3H3,(H2,26,28,29,32)/t18-/m0/s1. The molecule has 1 fully saturated rings. The summed E-state index contributed by atoms with van der Waals surface area (Å²) in [7, 11) is -2.85. The Balaban J connectivity index is 1.57. The fraction of sp³-hybridized carbons (Fsp3) is 0.360. The van der Waals surface area contributed by atoms with E-state index >= 15 is 0 Å². The van der Waals surface area contributed by atoms with Gasteiger partial charge in [0.2, 0.25) is 0 Å². The quantitative estimate of drug-likeness (QED) is 0.345. The van der Waals surface area contributed by atoms with Crippen LogP contribution < -0.4 is 15.5 Å². The average Bonchev–Trinajstić information content (AvgIpc) is 2.85. The van der Waals surface area contributed by atoms with Gasteiger partial charge in [0.1, 0.15) is 11.6 Å². The normalized spacial score (nSPS) is 16.6. The van der Waals surface area contributed by atoms with Crippen molar-refractivity contribution in [3.8, 4) is 11.4 Å². The zero-order valence-corrected chi connectivity index (χ0v) is 21.4. The van der Waals surface area contributed by atoms with Crippen LogP contribution in [0.2, 0.25) is 0 Å². The molecule has 3 heterocycles. The highest BCUT2D eigenvalue weighted by atomic mass is 32.3. The van der Waals surface area contributed by atoms with E-state index in [0.29, 0.717) is 42.8 Å². The van der Waals surface area contributed by atoms with Crippen LogP contribution in [0.15, 0.2) is 54.7 Å². The molecule has 0 unspecified atom stereocenters. The maximum Gasteiger partial charge on any atom is 0.324 e. The number of morpholine rings is 1. The van der Waals surface area contributed by atoms with Crippen molar-refractivity contribution in [2.24, 2.45) is 0 Å². The Morgan fingerprint density at radius 3 is 2.61 bits per heavy atom. The number of hydrogen-bond acceptors (Lipinski definition) is 8. The van der Waals surface area contributed by atoms with E-state index in [2.05, 4.69) is 32.4 Å². The lowest BCUT2D eigenvalue weighted by Crippen LogP contribution is -2.44. The number of hydrogen-bond donors (Lipinski definition) is 4. The van der Waals surface area contributed by atoms with Crippen LogP contribution in [0.25, 0.3) is 11.4 Å². The number of pyridine rings is 1. The Labute approximate surface area is 212 Å². The fourth-order valence-electron chi connectivity index (χ4n) is 3.70. The molecule has 192 valence electrons.